The number of fused-ring (bicyclic) bond motifs is 12. The van der Waals surface area contributed by atoms with Crippen molar-refractivity contribution in [3.63, 3.8) is 0 Å². The molecule has 46 heavy (non-hydrogen) atoms. The third-order valence-corrected chi connectivity index (χ3v) is 10.3. The van der Waals surface area contributed by atoms with E-state index in [0.29, 0.717) is 11.9 Å². The summed E-state index contributed by atoms with van der Waals surface area (Å²) in [6.45, 7) is 0. The molecule has 3 aromatic heterocycles. The van der Waals surface area contributed by atoms with Gasteiger partial charge in [-0.2, -0.15) is 0 Å². The van der Waals surface area contributed by atoms with Crippen LogP contribution in [0, 0.1) is 5.92 Å². The lowest BCUT2D eigenvalue weighted by molar-refractivity contribution is 0.456. The molecule has 0 saturated carbocycles. The van der Waals surface area contributed by atoms with E-state index in [9.17, 15) is 0 Å². The van der Waals surface area contributed by atoms with Crippen molar-refractivity contribution in [2.24, 2.45) is 5.92 Å². The lowest BCUT2D eigenvalue weighted by Crippen LogP contribution is -2.36. The van der Waals surface area contributed by atoms with Crippen LogP contribution in [0.25, 0.3) is 51.2 Å². The molecule has 4 nitrogen and oxygen atoms in total. The molecule has 4 heteroatoms. The average Bonchev–Trinajstić information content (AvgIpc) is 3.55. The topological polar surface area (TPSA) is 43.6 Å². The fraction of sp³-hybridized carbons (Fsp3) is 0.0714. The van der Waals surface area contributed by atoms with Crippen molar-refractivity contribution in [1.82, 2.24) is 19.5 Å². The smallest absolute Gasteiger partial charge is 0.235 e. The maximum absolute atomic E-state index is 4.76. The average molecular weight is 589 g/mol. The highest BCUT2D eigenvalue weighted by atomic mass is 15.2. The van der Waals surface area contributed by atoms with E-state index >= 15 is 0 Å². The van der Waals surface area contributed by atoms with Gasteiger partial charge in [-0.3, -0.25) is 4.57 Å². The predicted molar refractivity (Wildman–Crippen MR) is 186 cm³/mol. The molecule has 0 radical (unpaired) electrons. The molecule has 0 saturated heterocycles. The van der Waals surface area contributed by atoms with Crippen molar-refractivity contribution in [1.29, 1.82) is 0 Å². The number of hydrogen-bond donors (Lipinski definition) is 0. The second kappa shape index (κ2) is 9.56. The molecule has 3 aliphatic carbocycles. The zero-order valence-electron chi connectivity index (χ0n) is 25.0. The van der Waals surface area contributed by atoms with E-state index < -0.39 is 0 Å². The number of hydrogen-bond acceptors (Lipinski definition) is 3. The maximum Gasteiger partial charge on any atom is 0.235 e. The zero-order valence-corrected chi connectivity index (χ0v) is 25.0. The third-order valence-electron chi connectivity index (χ3n) is 10.3. The monoisotopic (exact) mass is 588 g/mol. The van der Waals surface area contributed by atoms with E-state index in [1.54, 1.807) is 12.4 Å². The van der Waals surface area contributed by atoms with E-state index in [-0.39, 0.29) is 11.3 Å². The third kappa shape index (κ3) is 3.36. The van der Waals surface area contributed by atoms with E-state index in [0.717, 1.165) is 21.9 Å². The van der Waals surface area contributed by atoms with E-state index in [2.05, 4.69) is 142 Å². The number of allylic oxidation sites excluding steroid dienone is 4. The lowest BCUT2D eigenvalue weighted by atomic mass is 9.62. The highest BCUT2D eigenvalue weighted by Crippen LogP contribution is 2.61. The van der Waals surface area contributed by atoms with Crippen molar-refractivity contribution >= 4 is 34.1 Å². The van der Waals surface area contributed by atoms with Crippen LogP contribution in [0.2, 0.25) is 0 Å². The van der Waals surface area contributed by atoms with Gasteiger partial charge in [0.2, 0.25) is 5.95 Å². The quantitative estimate of drug-likeness (QED) is 0.202. The summed E-state index contributed by atoms with van der Waals surface area (Å²) in [5.74, 6) is 1.18. The molecule has 7 aromatic rings. The van der Waals surface area contributed by atoms with Crippen LogP contribution in [0.1, 0.15) is 39.3 Å². The molecule has 0 N–H and O–H groups in total. The largest absolute Gasteiger partial charge is 0.262 e. The molecule has 2 unspecified atom stereocenters. The van der Waals surface area contributed by atoms with Crippen LogP contribution in [0.4, 0.5) is 0 Å². The van der Waals surface area contributed by atoms with Crippen molar-refractivity contribution in [2.45, 2.75) is 11.3 Å². The standard InChI is InChI=1S/C42H28N4/c1-4-13-35-27(9-1)16-17-28-10-2-5-14-36(28)42(35)37-15-6-3-11-31(37)32-20-18-30(26-38(32)42)29-19-21-39-34(25-29)33-12-7-22-43-40(33)46(39)41-44-23-8-24-45-41/h1-26,31,37H. The normalized spacial score (nSPS) is 18.3. The van der Waals surface area contributed by atoms with E-state index in [4.69, 9.17) is 4.98 Å². The molecule has 2 atom stereocenters. The summed E-state index contributed by atoms with van der Waals surface area (Å²) >= 11 is 0. The van der Waals surface area contributed by atoms with Gasteiger partial charge in [-0.05, 0) is 80.9 Å². The Labute approximate surface area is 266 Å². The van der Waals surface area contributed by atoms with Crippen LogP contribution in [0.15, 0.2) is 146 Å². The molecule has 4 aromatic carbocycles. The van der Waals surface area contributed by atoms with Gasteiger partial charge in [0.05, 0.1) is 10.9 Å². The van der Waals surface area contributed by atoms with Gasteiger partial charge in [0, 0.05) is 41.2 Å². The van der Waals surface area contributed by atoms with Gasteiger partial charge in [0.15, 0.2) is 0 Å². The molecule has 0 aliphatic heterocycles. The first-order chi connectivity index (χ1) is 22.8. The molecule has 1 spiro atoms. The van der Waals surface area contributed by atoms with E-state index in [1.807, 2.05) is 18.3 Å². The van der Waals surface area contributed by atoms with Gasteiger partial charge in [0.1, 0.15) is 5.65 Å². The van der Waals surface area contributed by atoms with Crippen LogP contribution in [0.5, 0.6) is 0 Å². The molecular weight excluding hydrogens is 560 g/mol. The van der Waals surface area contributed by atoms with Gasteiger partial charge in [-0.1, -0.05) is 103 Å². The fourth-order valence-corrected chi connectivity index (χ4v) is 8.48. The van der Waals surface area contributed by atoms with E-state index in [1.165, 1.54) is 44.5 Å². The van der Waals surface area contributed by atoms with Crippen molar-refractivity contribution in [2.75, 3.05) is 0 Å². The Morgan fingerprint density at radius 3 is 2.07 bits per heavy atom. The van der Waals surface area contributed by atoms with Crippen LogP contribution in [0.3, 0.4) is 0 Å². The molecule has 0 fully saturated rings. The van der Waals surface area contributed by atoms with Crippen LogP contribution >= 0.6 is 0 Å². The minimum absolute atomic E-state index is 0.266. The molecule has 0 amide bonds. The van der Waals surface area contributed by atoms with Gasteiger partial charge >= 0.3 is 0 Å². The molecule has 10 rings (SSSR count). The summed E-state index contributed by atoms with van der Waals surface area (Å²) in [4.78, 5) is 13.9. The molecule has 3 heterocycles. The summed E-state index contributed by atoms with van der Waals surface area (Å²) in [5.41, 5.74) is 12.1. The first kappa shape index (κ1) is 25.5. The number of rotatable bonds is 2. The molecule has 3 aliphatic rings. The van der Waals surface area contributed by atoms with Crippen molar-refractivity contribution < 1.29 is 0 Å². The Morgan fingerprint density at radius 1 is 0.565 bits per heavy atom. The van der Waals surface area contributed by atoms with Crippen LogP contribution in [-0.2, 0) is 5.41 Å². The Balaban J connectivity index is 1.24. The molecule has 0 bridgehead atoms. The highest BCUT2D eigenvalue weighted by Gasteiger charge is 2.54. The summed E-state index contributed by atoms with van der Waals surface area (Å²) in [5, 5.41) is 2.22. The predicted octanol–water partition coefficient (Wildman–Crippen LogP) is 9.29. The minimum Gasteiger partial charge on any atom is -0.262 e. The second-order valence-corrected chi connectivity index (χ2v) is 12.4. The molecule has 216 valence electrons. The maximum atomic E-state index is 4.76. The van der Waals surface area contributed by atoms with Gasteiger partial charge in [0.25, 0.3) is 0 Å². The first-order valence-corrected chi connectivity index (χ1v) is 15.9. The highest BCUT2D eigenvalue weighted by molar-refractivity contribution is 6.09. The summed E-state index contributed by atoms with van der Waals surface area (Å²) in [6.07, 6.45) is 19.3. The number of pyridine rings is 1. The van der Waals surface area contributed by atoms with Crippen molar-refractivity contribution in [3.05, 3.63) is 179 Å². The summed E-state index contributed by atoms with van der Waals surface area (Å²) < 4.78 is 2.06. The number of benzene rings is 4. The Morgan fingerprint density at radius 2 is 1.26 bits per heavy atom. The minimum atomic E-state index is -0.331. The van der Waals surface area contributed by atoms with Crippen LogP contribution in [-0.4, -0.2) is 19.5 Å². The first-order valence-electron chi connectivity index (χ1n) is 15.9. The summed E-state index contributed by atoms with van der Waals surface area (Å²) in [7, 11) is 0. The van der Waals surface area contributed by atoms with Crippen LogP contribution < -0.4 is 0 Å². The number of nitrogens with zero attached hydrogens (tertiary/aromatic N) is 4. The number of aromatic nitrogens is 4. The lowest BCUT2D eigenvalue weighted by Gasteiger charge is -2.40. The Kier molecular flexibility index (Phi) is 5.29. The molecular formula is C42H28N4. The summed E-state index contributed by atoms with van der Waals surface area (Å²) in [6, 6.07) is 37.9. The van der Waals surface area contributed by atoms with Gasteiger partial charge < -0.3 is 0 Å². The zero-order chi connectivity index (χ0) is 30.2. The Hall–Kier alpha value is -5.87. The SMILES string of the molecule is C1=CC2c3ccc(-c4ccc5c(c4)c4cccnc4n5-c4ncccn4)cc3C3(c4ccccc4C=Cc4ccccc43)C2C=C1. The van der Waals surface area contributed by atoms with Gasteiger partial charge in [-0.15, -0.1) is 0 Å². The fourth-order valence-electron chi connectivity index (χ4n) is 8.48. The van der Waals surface area contributed by atoms with Crippen molar-refractivity contribution in [3.8, 4) is 17.1 Å². The van der Waals surface area contributed by atoms with Gasteiger partial charge in [-0.25, -0.2) is 15.0 Å². The second-order valence-electron chi connectivity index (χ2n) is 12.4. The Bertz CT molecular complexity index is 2400.